The number of nitrogens with zero attached hydrogens (tertiary/aromatic N) is 1. The Kier molecular flexibility index (Phi) is 14.1. The molecule has 0 aliphatic rings. The monoisotopic (exact) mass is 480 g/mol. The van der Waals surface area contributed by atoms with Gasteiger partial charge in [-0.3, -0.25) is 9.69 Å². The van der Waals surface area contributed by atoms with Crippen LogP contribution in [-0.4, -0.2) is 65.2 Å². The molecule has 1 unspecified atom stereocenters. The summed E-state index contributed by atoms with van der Waals surface area (Å²) in [6.07, 6.45) is 7.75. The first-order chi connectivity index (χ1) is 15.9. The van der Waals surface area contributed by atoms with Crippen LogP contribution in [0.4, 0.5) is 0 Å². The number of carbonyl (C=O) groups excluding carboxylic acids is 1. The van der Waals surface area contributed by atoms with Crippen LogP contribution in [0.25, 0.3) is 0 Å². The summed E-state index contributed by atoms with van der Waals surface area (Å²) in [7, 11) is 4.69. The van der Waals surface area contributed by atoms with E-state index >= 15 is 0 Å². The fraction of sp³-hybridized carbons (Fsp3) is 0.500. The van der Waals surface area contributed by atoms with Gasteiger partial charge in [0.05, 0.1) is 0 Å². The standard InChI is InChI=1S/C22H34N2O4.C2H2O4/c1-17(2)10-8-6-7-9-11-20(25)23-16-18-12-14-19(15-13-18)22(28-5,21(26)27)24(3)4;3-1(4)2(5)6/h8,10,12-15,17H,6-7,9,11,16H2,1-5H3,(H,23,25)(H,26,27);(H,3,4)(H,5,6). The van der Waals surface area contributed by atoms with Crippen LogP contribution >= 0.6 is 0 Å². The smallest absolute Gasteiger partial charge is 0.414 e. The number of rotatable bonds is 12. The SMILES string of the molecule is COC(C(=O)O)(c1ccc(CNC(=O)CCCCC=CC(C)C)cc1)N(C)C.O=C(O)C(=O)O. The lowest BCUT2D eigenvalue weighted by Gasteiger charge is -2.34. The minimum Gasteiger partial charge on any atom is -0.478 e. The number of carbonyl (C=O) groups is 4. The van der Waals surface area contributed by atoms with Crippen molar-refractivity contribution in [1.29, 1.82) is 0 Å². The molecule has 0 saturated heterocycles. The van der Waals surface area contributed by atoms with Gasteiger partial charge in [0.2, 0.25) is 11.6 Å². The maximum atomic E-state index is 12.0. The molecule has 10 nitrogen and oxygen atoms in total. The summed E-state index contributed by atoms with van der Waals surface area (Å²) in [6, 6.07) is 7.07. The lowest BCUT2D eigenvalue weighted by Crippen LogP contribution is -2.49. The van der Waals surface area contributed by atoms with E-state index in [4.69, 9.17) is 24.5 Å². The molecular weight excluding hydrogens is 444 g/mol. The van der Waals surface area contributed by atoms with Crippen molar-refractivity contribution in [3.05, 3.63) is 47.5 Å². The largest absolute Gasteiger partial charge is 0.478 e. The molecule has 1 amide bonds. The van der Waals surface area contributed by atoms with E-state index in [0.29, 0.717) is 24.4 Å². The van der Waals surface area contributed by atoms with Crippen molar-refractivity contribution < 1.29 is 39.2 Å². The fourth-order valence-electron chi connectivity index (χ4n) is 3.01. The Morgan fingerprint density at radius 1 is 1.03 bits per heavy atom. The van der Waals surface area contributed by atoms with Crippen molar-refractivity contribution >= 4 is 23.8 Å². The topological polar surface area (TPSA) is 153 Å². The molecule has 34 heavy (non-hydrogen) atoms. The van der Waals surface area contributed by atoms with Gasteiger partial charge in [0.25, 0.3) is 0 Å². The van der Waals surface area contributed by atoms with Crippen LogP contribution in [0, 0.1) is 5.92 Å². The second-order valence-electron chi connectivity index (χ2n) is 8.05. The number of ether oxygens (including phenoxy) is 1. The number of amides is 1. The first-order valence-electron chi connectivity index (χ1n) is 10.8. The predicted octanol–water partition coefficient (Wildman–Crippen LogP) is 2.68. The van der Waals surface area contributed by atoms with Gasteiger partial charge in [-0.1, -0.05) is 50.3 Å². The van der Waals surface area contributed by atoms with Crippen LogP contribution in [0.3, 0.4) is 0 Å². The number of hydrogen-bond acceptors (Lipinski definition) is 6. The highest BCUT2D eigenvalue weighted by atomic mass is 16.5. The van der Waals surface area contributed by atoms with E-state index in [-0.39, 0.29) is 5.91 Å². The Morgan fingerprint density at radius 3 is 2.00 bits per heavy atom. The van der Waals surface area contributed by atoms with Crippen molar-refractivity contribution in [2.24, 2.45) is 5.92 Å². The van der Waals surface area contributed by atoms with E-state index < -0.39 is 23.6 Å². The van der Waals surface area contributed by atoms with Gasteiger partial charge in [-0.2, -0.15) is 0 Å². The summed E-state index contributed by atoms with van der Waals surface area (Å²) < 4.78 is 5.32. The number of likely N-dealkylation sites (N-methyl/N-ethyl adjacent to an activating group) is 1. The van der Waals surface area contributed by atoms with Crippen LogP contribution in [0.15, 0.2) is 36.4 Å². The molecule has 10 heteroatoms. The summed E-state index contributed by atoms with van der Waals surface area (Å²) in [5.41, 5.74) is -0.102. The van der Waals surface area contributed by atoms with Gasteiger partial charge >= 0.3 is 17.9 Å². The van der Waals surface area contributed by atoms with Crippen LogP contribution in [0.5, 0.6) is 0 Å². The molecular formula is C24H36N2O8. The van der Waals surface area contributed by atoms with Crippen LogP contribution in [-0.2, 0) is 36.2 Å². The Hall–Kier alpha value is -3.24. The van der Waals surface area contributed by atoms with E-state index in [1.165, 1.54) is 12.0 Å². The predicted molar refractivity (Wildman–Crippen MR) is 126 cm³/mol. The molecule has 0 aliphatic heterocycles. The maximum Gasteiger partial charge on any atom is 0.414 e. The number of hydrogen-bond donors (Lipinski definition) is 4. The van der Waals surface area contributed by atoms with Crippen molar-refractivity contribution in [3.63, 3.8) is 0 Å². The quantitative estimate of drug-likeness (QED) is 0.153. The first kappa shape index (κ1) is 30.8. The van der Waals surface area contributed by atoms with Crippen molar-refractivity contribution in [2.75, 3.05) is 21.2 Å². The molecule has 1 aromatic rings. The molecule has 190 valence electrons. The molecule has 0 aromatic heterocycles. The number of allylic oxidation sites excluding steroid dienone is 2. The molecule has 0 aliphatic carbocycles. The highest BCUT2D eigenvalue weighted by Crippen LogP contribution is 2.28. The number of carboxylic acids is 3. The van der Waals surface area contributed by atoms with Crippen LogP contribution < -0.4 is 5.32 Å². The lowest BCUT2D eigenvalue weighted by molar-refractivity contribution is -0.187. The number of benzene rings is 1. The van der Waals surface area contributed by atoms with Gasteiger partial charge in [-0.15, -0.1) is 0 Å². The lowest BCUT2D eigenvalue weighted by atomic mass is 10.00. The van der Waals surface area contributed by atoms with Crippen LogP contribution in [0.1, 0.15) is 50.7 Å². The fourth-order valence-corrected chi connectivity index (χ4v) is 3.01. The highest BCUT2D eigenvalue weighted by molar-refractivity contribution is 6.27. The van der Waals surface area contributed by atoms with E-state index in [1.807, 2.05) is 12.1 Å². The van der Waals surface area contributed by atoms with E-state index in [0.717, 1.165) is 24.8 Å². The summed E-state index contributed by atoms with van der Waals surface area (Å²) in [4.78, 5) is 43.5. The van der Waals surface area contributed by atoms with Gasteiger partial charge in [0.1, 0.15) is 0 Å². The van der Waals surface area contributed by atoms with Crippen LogP contribution in [0.2, 0.25) is 0 Å². The van der Waals surface area contributed by atoms with E-state index in [9.17, 15) is 14.7 Å². The number of methoxy groups -OCH3 is 1. The molecule has 4 N–H and O–H groups in total. The molecule has 0 bridgehead atoms. The second kappa shape index (κ2) is 15.6. The molecule has 1 aromatic carbocycles. The minimum atomic E-state index is -1.82. The Morgan fingerprint density at radius 2 is 1.59 bits per heavy atom. The third kappa shape index (κ3) is 10.6. The zero-order valence-corrected chi connectivity index (χ0v) is 20.4. The Balaban J connectivity index is 0.00000160. The number of unbranched alkanes of at least 4 members (excludes halogenated alkanes) is 2. The third-order valence-electron chi connectivity index (χ3n) is 4.78. The number of aliphatic carboxylic acids is 3. The molecule has 1 rings (SSSR count). The van der Waals surface area contributed by atoms with Crippen molar-refractivity contribution in [2.45, 2.75) is 51.8 Å². The summed E-state index contributed by atoms with van der Waals surface area (Å²) in [6.45, 7) is 4.71. The van der Waals surface area contributed by atoms with E-state index in [2.05, 4.69) is 31.3 Å². The van der Waals surface area contributed by atoms with Gasteiger partial charge < -0.3 is 25.4 Å². The Labute approximate surface area is 200 Å². The molecule has 0 radical (unpaired) electrons. The molecule has 1 atom stereocenters. The van der Waals surface area contributed by atoms with Crippen molar-refractivity contribution in [1.82, 2.24) is 10.2 Å². The summed E-state index contributed by atoms with van der Waals surface area (Å²) >= 11 is 0. The van der Waals surface area contributed by atoms with Gasteiger partial charge in [-0.25, -0.2) is 14.4 Å². The molecule has 0 fully saturated rings. The number of carboxylic acid groups (broad SMARTS) is 3. The third-order valence-corrected chi connectivity index (χ3v) is 4.78. The summed E-state index contributed by atoms with van der Waals surface area (Å²) in [5, 5.41) is 27.3. The zero-order chi connectivity index (χ0) is 26.3. The second-order valence-corrected chi connectivity index (χ2v) is 8.05. The Bertz CT molecular complexity index is 822. The molecule has 0 spiro atoms. The van der Waals surface area contributed by atoms with E-state index in [1.54, 1.807) is 26.2 Å². The average molecular weight is 481 g/mol. The maximum absolute atomic E-state index is 12.0. The average Bonchev–Trinajstić information content (AvgIpc) is 2.76. The first-order valence-corrected chi connectivity index (χ1v) is 10.8. The minimum absolute atomic E-state index is 0.0296. The summed E-state index contributed by atoms with van der Waals surface area (Å²) in [5.74, 6) is -4.13. The van der Waals surface area contributed by atoms with Gasteiger partial charge in [0, 0.05) is 25.6 Å². The highest BCUT2D eigenvalue weighted by Gasteiger charge is 2.43. The van der Waals surface area contributed by atoms with Gasteiger partial charge in [0.15, 0.2) is 0 Å². The van der Waals surface area contributed by atoms with Crippen molar-refractivity contribution in [3.8, 4) is 0 Å². The molecule has 0 heterocycles. The normalized spacial score (nSPS) is 12.7. The van der Waals surface area contributed by atoms with Gasteiger partial charge in [-0.05, 0) is 44.8 Å². The number of nitrogens with one attached hydrogen (secondary N) is 1. The zero-order valence-electron chi connectivity index (χ0n) is 20.4. The molecule has 0 saturated carbocycles.